The molecule has 0 amide bonds. The van der Waals surface area contributed by atoms with Crippen molar-refractivity contribution in [2.75, 3.05) is 13.2 Å². The van der Waals surface area contributed by atoms with Crippen LogP contribution in [-0.2, 0) is 19.1 Å². The zero-order valence-electron chi connectivity index (χ0n) is 22.2. The molecule has 0 radical (unpaired) electrons. The Hall–Kier alpha value is -1.94. The minimum atomic E-state index is -0.417. The van der Waals surface area contributed by atoms with Crippen molar-refractivity contribution < 1.29 is 19.1 Å². The van der Waals surface area contributed by atoms with E-state index in [0.717, 1.165) is 25.7 Å². The van der Waals surface area contributed by atoms with Gasteiger partial charge in [-0.2, -0.15) is 0 Å². The summed E-state index contributed by atoms with van der Waals surface area (Å²) in [6, 6.07) is 0. The van der Waals surface area contributed by atoms with Crippen LogP contribution in [0.4, 0.5) is 0 Å². The molecule has 0 aliphatic rings. The number of esters is 2. The summed E-state index contributed by atoms with van der Waals surface area (Å²) in [5.41, 5.74) is 0. The van der Waals surface area contributed by atoms with Crippen molar-refractivity contribution in [1.29, 1.82) is 0 Å². The lowest BCUT2D eigenvalue weighted by Gasteiger charge is -2.01. The van der Waals surface area contributed by atoms with E-state index in [1.54, 1.807) is 0 Å². The lowest BCUT2D eigenvalue weighted by Crippen LogP contribution is -2.10. The second-order valence-corrected chi connectivity index (χ2v) is 8.98. The standard InChI is InChI=1S/C30H50O4/c1-3-5-7-9-11-13-15-17-19-21-23-27-33-29(31)25-26-30(32)34-28-24-22-20-18-16-14-12-10-8-6-4-2/h3-20,25-28H2,1-2H3. The molecule has 0 unspecified atom stereocenters. The summed E-state index contributed by atoms with van der Waals surface area (Å²) in [6.07, 6.45) is 22.2. The van der Waals surface area contributed by atoms with E-state index < -0.39 is 11.9 Å². The van der Waals surface area contributed by atoms with Crippen LogP contribution in [0.2, 0.25) is 0 Å². The predicted molar refractivity (Wildman–Crippen MR) is 141 cm³/mol. The minimum absolute atomic E-state index is 0.0181. The fourth-order valence-corrected chi connectivity index (χ4v) is 3.56. The monoisotopic (exact) mass is 474 g/mol. The Balaban J connectivity index is 3.49. The van der Waals surface area contributed by atoms with Gasteiger partial charge in [-0.15, -0.1) is 0 Å². The maximum atomic E-state index is 11.7. The second kappa shape index (κ2) is 27.3. The van der Waals surface area contributed by atoms with Gasteiger partial charge in [0.1, 0.15) is 0 Å². The van der Waals surface area contributed by atoms with Crippen LogP contribution in [0.1, 0.15) is 142 Å². The molecule has 0 aromatic heterocycles. The third-order valence-corrected chi connectivity index (χ3v) is 5.70. The number of hydrogen-bond donors (Lipinski definition) is 0. The Labute approximate surface area is 210 Å². The highest BCUT2D eigenvalue weighted by Crippen LogP contribution is 2.10. The summed E-state index contributed by atoms with van der Waals surface area (Å²) in [7, 11) is 0. The number of carbonyl (C=O) groups excluding carboxylic acids is 2. The topological polar surface area (TPSA) is 52.6 Å². The molecule has 0 rings (SSSR count). The fourth-order valence-electron chi connectivity index (χ4n) is 3.56. The van der Waals surface area contributed by atoms with Gasteiger partial charge in [0.15, 0.2) is 13.2 Å². The van der Waals surface area contributed by atoms with E-state index in [-0.39, 0.29) is 26.1 Å². The second-order valence-electron chi connectivity index (χ2n) is 8.98. The number of hydrogen-bond acceptors (Lipinski definition) is 4. The summed E-state index contributed by atoms with van der Waals surface area (Å²) in [5.74, 6) is 11.0. The molecule has 0 atom stereocenters. The highest BCUT2D eigenvalue weighted by molar-refractivity contribution is 5.77. The van der Waals surface area contributed by atoms with Crippen LogP contribution in [0.25, 0.3) is 0 Å². The molecular formula is C30H50O4. The molecule has 0 aliphatic carbocycles. The maximum absolute atomic E-state index is 11.7. The zero-order chi connectivity index (χ0) is 25.0. The van der Waals surface area contributed by atoms with Gasteiger partial charge in [-0.1, -0.05) is 127 Å². The normalized spacial score (nSPS) is 10.1. The number of ether oxygens (including phenoxy) is 2. The lowest BCUT2D eigenvalue weighted by atomic mass is 10.1. The summed E-state index contributed by atoms with van der Waals surface area (Å²) in [6.45, 7) is 4.66. The van der Waals surface area contributed by atoms with Crippen molar-refractivity contribution >= 4 is 11.9 Å². The van der Waals surface area contributed by atoms with Crippen molar-refractivity contribution in [1.82, 2.24) is 0 Å². The molecule has 0 bridgehead atoms. The van der Waals surface area contributed by atoms with E-state index in [9.17, 15) is 9.59 Å². The van der Waals surface area contributed by atoms with Crippen LogP contribution >= 0.6 is 0 Å². The van der Waals surface area contributed by atoms with Crippen LogP contribution in [0.3, 0.4) is 0 Å². The van der Waals surface area contributed by atoms with E-state index in [1.165, 1.54) is 89.9 Å². The molecule has 4 heteroatoms. The zero-order valence-corrected chi connectivity index (χ0v) is 22.2. The number of carbonyl (C=O) groups is 2. The SMILES string of the molecule is CCCCCCCCCCC#CCOC(=O)CCC(=O)OCC#CCCCCCCCCCC. The van der Waals surface area contributed by atoms with Gasteiger partial charge in [-0.05, 0) is 12.8 Å². The molecular weight excluding hydrogens is 424 g/mol. The largest absolute Gasteiger partial charge is 0.452 e. The Bertz CT molecular complexity index is 549. The smallest absolute Gasteiger partial charge is 0.307 e. The first-order valence-corrected chi connectivity index (χ1v) is 13.9. The highest BCUT2D eigenvalue weighted by Gasteiger charge is 2.08. The lowest BCUT2D eigenvalue weighted by molar-refractivity contribution is -0.148. The van der Waals surface area contributed by atoms with Gasteiger partial charge >= 0.3 is 11.9 Å². The van der Waals surface area contributed by atoms with E-state index in [4.69, 9.17) is 9.47 Å². The van der Waals surface area contributed by atoms with Crippen LogP contribution in [-0.4, -0.2) is 25.2 Å². The van der Waals surface area contributed by atoms with Crippen LogP contribution in [0.15, 0.2) is 0 Å². The molecule has 194 valence electrons. The van der Waals surface area contributed by atoms with Gasteiger partial charge in [0, 0.05) is 12.8 Å². The summed E-state index contributed by atoms with van der Waals surface area (Å²) in [4.78, 5) is 23.4. The first kappa shape index (κ1) is 32.1. The Morgan fingerprint density at radius 2 is 0.794 bits per heavy atom. The molecule has 0 aromatic carbocycles. The molecule has 0 heterocycles. The number of rotatable bonds is 21. The summed E-state index contributed by atoms with van der Waals surface area (Å²) in [5, 5.41) is 0. The Morgan fingerprint density at radius 1 is 0.471 bits per heavy atom. The summed E-state index contributed by atoms with van der Waals surface area (Å²) < 4.78 is 10.1. The van der Waals surface area contributed by atoms with E-state index in [2.05, 4.69) is 37.5 Å². The van der Waals surface area contributed by atoms with Crippen molar-refractivity contribution in [2.24, 2.45) is 0 Å². The van der Waals surface area contributed by atoms with Gasteiger partial charge in [0.05, 0.1) is 12.8 Å². The average Bonchev–Trinajstić information content (AvgIpc) is 2.84. The van der Waals surface area contributed by atoms with Crippen molar-refractivity contribution in [3.05, 3.63) is 0 Å². The average molecular weight is 475 g/mol. The molecule has 0 spiro atoms. The van der Waals surface area contributed by atoms with Crippen molar-refractivity contribution in [3.63, 3.8) is 0 Å². The third kappa shape index (κ3) is 26.3. The first-order valence-electron chi connectivity index (χ1n) is 13.9. The first-order chi connectivity index (χ1) is 16.7. The highest BCUT2D eigenvalue weighted by atomic mass is 16.5. The van der Waals surface area contributed by atoms with Gasteiger partial charge in [-0.25, -0.2) is 0 Å². The maximum Gasteiger partial charge on any atom is 0.307 e. The molecule has 4 nitrogen and oxygen atoms in total. The molecule has 0 aromatic rings. The molecule has 0 fully saturated rings. The van der Waals surface area contributed by atoms with Crippen molar-refractivity contribution in [2.45, 2.75) is 142 Å². The van der Waals surface area contributed by atoms with Gasteiger partial charge in [0.2, 0.25) is 0 Å². The van der Waals surface area contributed by atoms with Crippen LogP contribution < -0.4 is 0 Å². The molecule has 0 N–H and O–H groups in total. The Kier molecular flexibility index (Phi) is 25.7. The molecule has 34 heavy (non-hydrogen) atoms. The van der Waals surface area contributed by atoms with E-state index >= 15 is 0 Å². The van der Waals surface area contributed by atoms with Crippen LogP contribution in [0, 0.1) is 23.7 Å². The quantitative estimate of drug-likeness (QED) is 0.0963. The van der Waals surface area contributed by atoms with Crippen LogP contribution in [0.5, 0.6) is 0 Å². The van der Waals surface area contributed by atoms with Gasteiger partial charge < -0.3 is 9.47 Å². The predicted octanol–water partition coefficient (Wildman–Crippen LogP) is 7.92. The molecule has 0 saturated heterocycles. The summed E-state index contributed by atoms with van der Waals surface area (Å²) >= 11 is 0. The van der Waals surface area contributed by atoms with E-state index in [0.29, 0.717) is 0 Å². The van der Waals surface area contributed by atoms with Crippen molar-refractivity contribution in [3.8, 4) is 23.7 Å². The van der Waals surface area contributed by atoms with E-state index in [1.807, 2.05) is 0 Å². The van der Waals surface area contributed by atoms with Gasteiger partial charge in [-0.3, -0.25) is 9.59 Å². The Morgan fingerprint density at radius 3 is 1.15 bits per heavy atom. The minimum Gasteiger partial charge on any atom is -0.452 e. The van der Waals surface area contributed by atoms with Gasteiger partial charge in [0.25, 0.3) is 0 Å². The number of unbranched alkanes of at least 4 members (excludes halogenated alkanes) is 16. The fraction of sp³-hybridized carbons (Fsp3) is 0.800. The third-order valence-electron chi connectivity index (χ3n) is 5.70. The molecule has 0 saturated carbocycles. The molecule has 0 aliphatic heterocycles.